The minimum Gasteiger partial charge on any atom is -0.479 e. The Morgan fingerprint density at radius 1 is 1.29 bits per heavy atom. The fourth-order valence-corrected chi connectivity index (χ4v) is 1.76. The van der Waals surface area contributed by atoms with E-state index < -0.39 is 0 Å². The molecule has 0 aliphatic heterocycles. The third-order valence-corrected chi connectivity index (χ3v) is 2.76. The van der Waals surface area contributed by atoms with E-state index >= 15 is 0 Å². The molecule has 0 fully saturated rings. The van der Waals surface area contributed by atoms with Crippen LogP contribution >= 0.6 is 0 Å². The first-order chi connectivity index (χ1) is 8.21. The van der Waals surface area contributed by atoms with Gasteiger partial charge in [-0.1, -0.05) is 0 Å². The summed E-state index contributed by atoms with van der Waals surface area (Å²) in [5.74, 6) is 1.21. The molecule has 0 bridgehead atoms. The maximum Gasteiger partial charge on any atom is 0.246 e. The quantitative estimate of drug-likeness (QED) is 0.797. The molecular weight excluding hydrogens is 218 g/mol. The first kappa shape index (κ1) is 11.6. The third-order valence-electron chi connectivity index (χ3n) is 2.76. The van der Waals surface area contributed by atoms with Crippen LogP contribution in [0.15, 0.2) is 6.33 Å². The molecule has 2 rings (SSSR count). The molecule has 0 radical (unpaired) electrons. The Kier molecular flexibility index (Phi) is 3.12. The van der Waals surface area contributed by atoms with E-state index in [1.807, 2.05) is 11.6 Å². The van der Waals surface area contributed by atoms with Crippen molar-refractivity contribution in [1.82, 2.24) is 19.5 Å². The zero-order chi connectivity index (χ0) is 12.4. The number of fused-ring (bicyclic) bond motifs is 1. The van der Waals surface area contributed by atoms with E-state index in [1.54, 1.807) is 13.4 Å². The van der Waals surface area contributed by atoms with Gasteiger partial charge < -0.3 is 14.2 Å². The Balaban J connectivity index is 2.61. The molecule has 0 amide bonds. The highest BCUT2D eigenvalue weighted by atomic mass is 16.5. The lowest BCUT2D eigenvalue weighted by atomic mass is 10.5. The highest BCUT2D eigenvalue weighted by Gasteiger charge is 2.14. The number of nitrogens with zero attached hydrogens (tertiary/aromatic N) is 5. The van der Waals surface area contributed by atoms with Crippen molar-refractivity contribution in [2.45, 2.75) is 13.8 Å². The predicted octanol–water partition coefficient (Wildman–Crippen LogP) is 1.22. The molecular formula is C11H17N5O. The van der Waals surface area contributed by atoms with Crippen molar-refractivity contribution in [3.63, 3.8) is 0 Å². The lowest BCUT2D eigenvalue weighted by molar-refractivity contribution is 0.401. The standard InChI is InChI=1S/C11H17N5O/c1-5-16(6-2)11-13-9-8(10(14-11)17-4)12-7-15(9)3/h7H,5-6H2,1-4H3. The maximum atomic E-state index is 5.27. The van der Waals surface area contributed by atoms with E-state index in [2.05, 4.69) is 33.7 Å². The minimum absolute atomic E-state index is 0.525. The summed E-state index contributed by atoms with van der Waals surface area (Å²) in [7, 11) is 3.51. The van der Waals surface area contributed by atoms with E-state index in [-0.39, 0.29) is 0 Å². The number of imidazole rings is 1. The van der Waals surface area contributed by atoms with E-state index in [0.717, 1.165) is 18.7 Å². The van der Waals surface area contributed by atoms with Gasteiger partial charge in [0.05, 0.1) is 13.4 Å². The maximum absolute atomic E-state index is 5.27. The van der Waals surface area contributed by atoms with Crippen molar-refractivity contribution in [3.8, 4) is 5.88 Å². The average Bonchev–Trinajstić information content (AvgIpc) is 2.72. The van der Waals surface area contributed by atoms with Gasteiger partial charge in [0.15, 0.2) is 11.2 Å². The molecule has 0 aromatic carbocycles. The highest BCUT2D eigenvalue weighted by Crippen LogP contribution is 2.23. The summed E-state index contributed by atoms with van der Waals surface area (Å²) >= 11 is 0. The van der Waals surface area contributed by atoms with Gasteiger partial charge in [-0.15, -0.1) is 0 Å². The SMILES string of the molecule is CCN(CC)c1nc(OC)c2ncn(C)c2n1. The summed E-state index contributed by atoms with van der Waals surface area (Å²) in [4.78, 5) is 15.2. The van der Waals surface area contributed by atoms with Crippen molar-refractivity contribution in [2.75, 3.05) is 25.1 Å². The zero-order valence-electron chi connectivity index (χ0n) is 10.6. The van der Waals surface area contributed by atoms with Crippen molar-refractivity contribution in [3.05, 3.63) is 6.33 Å². The van der Waals surface area contributed by atoms with Gasteiger partial charge in [0.2, 0.25) is 11.8 Å². The topological polar surface area (TPSA) is 56.1 Å². The Labute approximate surface area is 100 Å². The molecule has 0 atom stereocenters. The Bertz CT molecular complexity index is 518. The molecule has 0 aliphatic carbocycles. The largest absolute Gasteiger partial charge is 0.479 e. The molecule has 0 aliphatic rings. The molecule has 2 aromatic rings. The molecule has 0 N–H and O–H groups in total. The highest BCUT2D eigenvalue weighted by molar-refractivity contribution is 5.77. The number of rotatable bonds is 4. The van der Waals surface area contributed by atoms with Crippen LogP contribution in [-0.4, -0.2) is 39.7 Å². The lowest BCUT2D eigenvalue weighted by Crippen LogP contribution is -2.24. The molecule has 0 saturated carbocycles. The van der Waals surface area contributed by atoms with Crippen LogP contribution in [0.3, 0.4) is 0 Å². The van der Waals surface area contributed by atoms with E-state index in [9.17, 15) is 0 Å². The molecule has 2 aromatic heterocycles. The van der Waals surface area contributed by atoms with Gasteiger partial charge in [-0.05, 0) is 13.8 Å². The van der Waals surface area contributed by atoms with Gasteiger partial charge in [-0.25, -0.2) is 4.98 Å². The van der Waals surface area contributed by atoms with Gasteiger partial charge in [-0.3, -0.25) is 0 Å². The Morgan fingerprint density at radius 2 is 2.00 bits per heavy atom. The van der Waals surface area contributed by atoms with Crippen LogP contribution in [-0.2, 0) is 7.05 Å². The van der Waals surface area contributed by atoms with Gasteiger partial charge in [0.1, 0.15) is 0 Å². The second-order valence-corrected chi connectivity index (χ2v) is 3.73. The summed E-state index contributed by atoms with van der Waals surface area (Å²) in [5, 5.41) is 0. The van der Waals surface area contributed by atoms with Gasteiger partial charge >= 0.3 is 0 Å². The zero-order valence-corrected chi connectivity index (χ0v) is 10.6. The normalized spacial score (nSPS) is 10.8. The number of aromatic nitrogens is 4. The first-order valence-corrected chi connectivity index (χ1v) is 5.69. The van der Waals surface area contributed by atoms with E-state index in [1.165, 1.54) is 0 Å². The molecule has 0 spiro atoms. The number of aryl methyl sites for hydroxylation is 1. The Morgan fingerprint density at radius 3 is 2.59 bits per heavy atom. The summed E-state index contributed by atoms with van der Waals surface area (Å²) in [6, 6.07) is 0. The molecule has 6 nitrogen and oxygen atoms in total. The number of ether oxygens (including phenoxy) is 1. The molecule has 0 unspecified atom stereocenters. The van der Waals surface area contributed by atoms with Crippen molar-refractivity contribution < 1.29 is 4.74 Å². The second-order valence-electron chi connectivity index (χ2n) is 3.73. The van der Waals surface area contributed by atoms with E-state index in [0.29, 0.717) is 17.3 Å². The Hall–Kier alpha value is -1.85. The number of hydrogen-bond donors (Lipinski definition) is 0. The smallest absolute Gasteiger partial charge is 0.246 e. The molecule has 6 heteroatoms. The average molecular weight is 235 g/mol. The number of methoxy groups -OCH3 is 1. The fourth-order valence-electron chi connectivity index (χ4n) is 1.76. The van der Waals surface area contributed by atoms with Crippen LogP contribution in [0, 0.1) is 0 Å². The van der Waals surface area contributed by atoms with Crippen LogP contribution in [0.5, 0.6) is 5.88 Å². The van der Waals surface area contributed by atoms with Crippen LogP contribution in [0.25, 0.3) is 11.2 Å². The van der Waals surface area contributed by atoms with Crippen molar-refractivity contribution in [1.29, 1.82) is 0 Å². The summed E-state index contributed by atoms with van der Waals surface area (Å²) in [5.41, 5.74) is 1.49. The predicted molar refractivity (Wildman–Crippen MR) is 66.4 cm³/mol. The number of anilines is 1. The van der Waals surface area contributed by atoms with Gasteiger partial charge in [0, 0.05) is 20.1 Å². The summed E-state index contributed by atoms with van der Waals surface area (Å²) in [6.45, 7) is 5.88. The summed E-state index contributed by atoms with van der Waals surface area (Å²) in [6.07, 6.45) is 1.72. The third kappa shape index (κ3) is 1.90. The summed E-state index contributed by atoms with van der Waals surface area (Å²) < 4.78 is 7.13. The molecule has 92 valence electrons. The lowest BCUT2D eigenvalue weighted by Gasteiger charge is -2.18. The van der Waals surface area contributed by atoms with Crippen LogP contribution in [0.1, 0.15) is 13.8 Å². The fraction of sp³-hybridized carbons (Fsp3) is 0.545. The van der Waals surface area contributed by atoms with E-state index in [4.69, 9.17) is 4.74 Å². The molecule has 17 heavy (non-hydrogen) atoms. The van der Waals surface area contributed by atoms with Gasteiger partial charge in [-0.2, -0.15) is 9.97 Å². The minimum atomic E-state index is 0.525. The van der Waals surface area contributed by atoms with Gasteiger partial charge in [0.25, 0.3) is 0 Å². The monoisotopic (exact) mass is 235 g/mol. The first-order valence-electron chi connectivity index (χ1n) is 5.69. The van der Waals surface area contributed by atoms with Crippen molar-refractivity contribution >= 4 is 17.1 Å². The van der Waals surface area contributed by atoms with Crippen LogP contribution in [0.2, 0.25) is 0 Å². The van der Waals surface area contributed by atoms with Crippen molar-refractivity contribution in [2.24, 2.45) is 7.05 Å². The molecule has 0 saturated heterocycles. The van der Waals surface area contributed by atoms with Crippen LogP contribution < -0.4 is 9.64 Å². The number of hydrogen-bond acceptors (Lipinski definition) is 5. The second kappa shape index (κ2) is 4.57. The van der Waals surface area contributed by atoms with Crippen LogP contribution in [0.4, 0.5) is 5.95 Å². The molecule has 2 heterocycles.